The van der Waals surface area contributed by atoms with Gasteiger partial charge in [0.05, 0.1) is 5.02 Å². The zero-order valence-corrected chi connectivity index (χ0v) is 23.4. The summed E-state index contributed by atoms with van der Waals surface area (Å²) in [5.41, 5.74) is 7.49. The van der Waals surface area contributed by atoms with Crippen molar-refractivity contribution in [2.75, 3.05) is 0 Å². The minimum Gasteiger partial charge on any atom is -0.345 e. The predicted octanol–water partition coefficient (Wildman–Crippen LogP) is 9.90. The second kappa shape index (κ2) is 11.0. The number of rotatable bonds is 4. The molecule has 1 aromatic heterocycles. The summed E-state index contributed by atoms with van der Waals surface area (Å²) in [7, 11) is 0. The van der Waals surface area contributed by atoms with E-state index < -0.39 is 0 Å². The van der Waals surface area contributed by atoms with Crippen LogP contribution in [0.2, 0.25) is 5.02 Å². The van der Waals surface area contributed by atoms with Gasteiger partial charge in [-0.1, -0.05) is 145 Å². The van der Waals surface area contributed by atoms with Gasteiger partial charge in [0.1, 0.15) is 5.49 Å². The lowest BCUT2D eigenvalue weighted by atomic mass is 9.89. The second-order valence-electron chi connectivity index (χ2n) is 10.2. The van der Waals surface area contributed by atoms with Crippen LogP contribution >= 0.6 is 11.6 Å². The number of pyridine rings is 1. The van der Waals surface area contributed by atoms with Gasteiger partial charge in [0.25, 0.3) is 0 Å². The lowest BCUT2D eigenvalue weighted by Crippen LogP contribution is -2.15. The van der Waals surface area contributed by atoms with Crippen molar-refractivity contribution in [1.29, 1.82) is 5.41 Å². The van der Waals surface area contributed by atoms with Crippen molar-refractivity contribution in [1.82, 2.24) is 4.98 Å². The van der Waals surface area contributed by atoms with Gasteiger partial charge in [-0.05, 0) is 44.7 Å². The van der Waals surface area contributed by atoms with Crippen LogP contribution in [-0.2, 0) is 0 Å². The zero-order chi connectivity index (χ0) is 28.5. The first-order chi connectivity index (χ1) is 20.7. The summed E-state index contributed by atoms with van der Waals surface area (Å²) < 4.78 is 0. The van der Waals surface area contributed by atoms with Crippen LogP contribution in [-0.4, -0.2) is 10.8 Å². The molecule has 0 amide bonds. The van der Waals surface area contributed by atoms with Crippen molar-refractivity contribution in [3.63, 3.8) is 0 Å². The summed E-state index contributed by atoms with van der Waals surface area (Å²) in [5, 5.41) is 14.1. The van der Waals surface area contributed by atoms with E-state index in [1.54, 1.807) is 0 Å². The van der Waals surface area contributed by atoms with Crippen molar-refractivity contribution in [2.24, 2.45) is 4.99 Å². The van der Waals surface area contributed by atoms with Crippen LogP contribution in [0.4, 0.5) is 0 Å². The summed E-state index contributed by atoms with van der Waals surface area (Å²) in [6.07, 6.45) is 1.96. The molecule has 2 N–H and O–H groups in total. The first-order valence-corrected chi connectivity index (χ1v) is 14.2. The molecule has 3 nitrogen and oxygen atoms in total. The van der Waals surface area contributed by atoms with Gasteiger partial charge in [0.15, 0.2) is 5.84 Å². The maximum absolute atomic E-state index is 9.28. The molecule has 0 aliphatic heterocycles. The van der Waals surface area contributed by atoms with Crippen molar-refractivity contribution in [2.45, 2.75) is 0 Å². The minimum absolute atomic E-state index is 0.176. The fraction of sp³-hybridized carbons (Fsp3) is 0. The van der Waals surface area contributed by atoms with Crippen LogP contribution in [0, 0.1) is 5.41 Å². The number of amidine groups is 1. The molecule has 0 radical (unpaired) electrons. The fourth-order valence-corrected chi connectivity index (χ4v) is 5.99. The minimum atomic E-state index is 0.176. The number of H-pyrrole nitrogens is 1. The first kappa shape index (κ1) is 25.7. The number of benzene rings is 6. The van der Waals surface area contributed by atoms with Gasteiger partial charge in [-0.3, -0.25) is 5.41 Å². The van der Waals surface area contributed by atoms with Gasteiger partial charge in [0.2, 0.25) is 0 Å². The molecule has 0 aliphatic rings. The van der Waals surface area contributed by atoms with Gasteiger partial charge in [-0.15, -0.1) is 0 Å². The molecular formula is C38H26ClN3. The van der Waals surface area contributed by atoms with Gasteiger partial charge in [-0.2, -0.15) is 0 Å². The van der Waals surface area contributed by atoms with Crippen molar-refractivity contribution in [3.8, 4) is 33.4 Å². The maximum Gasteiger partial charge on any atom is 0.154 e. The van der Waals surface area contributed by atoms with Gasteiger partial charge < -0.3 is 4.98 Å². The van der Waals surface area contributed by atoms with Crippen molar-refractivity contribution >= 4 is 39.0 Å². The Kier molecular flexibility index (Phi) is 6.71. The Balaban J connectivity index is 1.44. The monoisotopic (exact) mass is 559 g/mol. The van der Waals surface area contributed by atoms with E-state index in [9.17, 15) is 5.41 Å². The Hall–Kier alpha value is -5.25. The number of hydrogen-bond acceptors (Lipinski definition) is 1. The number of aromatic amines is 1. The summed E-state index contributed by atoms with van der Waals surface area (Å²) in [6.45, 7) is 0. The number of fused-ring (bicyclic) bond motifs is 2. The maximum atomic E-state index is 9.28. The van der Waals surface area contributed by atoms with Crippen LogP contribution in [0.15, 0.2) is 151 Å². The van der Waals surface area contributed by atoms with Crippen molar-refractivity contribution in [3.05, 3.63) is 162 Å². The number of hydrogen-bond donors (Lipinski definition) is 2. The highest BCUT2D eigenvalue weighted by Crippen LogP contribution is 2.42. The molecule has 0 spiro atoms. The average molecular weight is 560 g/mol. The van der Waals surface area contributed by atoms with E-state index in [4.69, 9.17) is 16.6 Å². The molecule has 0 saturated heterocycles. The predicted molar refractivity (Wildman–Crippen MR) is 176 cm³/mol. The molecule has 1 heterocycles. The van der Waals surface area contributed by atoms with Gasteiger partial charge in [-0.25, -0.2) is 4.99 Å². The zero-order valence-electron chi connectivity index (χ0n) is 22.7. The Morgan fingerprint density at radius 2 is 1.07 bits per heavy atom. The molecule has 0 saturated carbocycles. The van der Waals surface area contributed by atoms with E-state index in [2.05, 4.69) is 65.6 Å². The van der Waals surface area contributed by atoms with E-state index in [1.807, 2.05) is 85.1 Å². The number of nitrogens with one attached hydrogen (secondary N) is 2. The lowest BCUT2D eigenvalue weighted by molar-refractivity contribution is 1.16. The molecule has 7 rings (SSSR count). The smallest absolute Gasteiger partial charge is 0.154 e. The molecule has 42 heavy (non-hydrogen) atoms. The topological polar surface area (TPSA) is 52.0 Å². The number of aromatic nitrogens is 1. The van der Waals surface area contributed by atoms with Gasteiger partial charge >= 0.3 is 0 Å². The largest absolute Gasteiger partial charge is 0.345 e. The van der Waals surface area contributed by atoms with Gasteiger partial charge in [0, 0.05) is 28.1 Å². The van der Waals surface area contributed by atoms with Crippen molar-refractivity contribution < 1.29 is 0 Å². The molecule has 0 aliphatic carbocycles. The molecule has 0 atom stereocenters. The standard InChI is InChI=1S/C38H26ClN3/c39-36-31-20-10-7-17-28(31)35(29-18-8-11-21-32(29)36)30-19-9-12-22-33(30)37(40)42-38-34(26-15-5-2-6-16-26)23-27(24-41-38)25-13-3-1-4-14-25/h1-24H,(H2,40,41,42). The molecule has 200 valence electrons. The highest BCUT2D eigenvalue weighted by Gasteiger charge is 2.18. The van der Waals surface area contributed by atoms with E-state index in [0.717, 1.165) is 65.5 Å². The van der Waals surface area contributed by atoms with Crippen LogP contribution < -0.4 is 5.49 Å². The third kappa shape index (κ3) is 4.60. The number of nitrogens with zero attached hydrogens (tertiary/aromatic N) is 1. The first-order valence-electron chi connectivity index (χ1n) is 13.8. The third-order valence-electron chi connectivity index (χ3n) is 7.65. The molecule has 7 aromatic rings. The summed E-state index contributed by atoms with van der Waals surface area (Å²) in [5.74, 6) is 0.176. The molecule has 0 fully saturated rings. The third-order valence-corrected chi connectivity index (χ3v) is 8.06. The van der Waals surface area contributed by atoms with Crippen LogP contribution in [0.5, 0.6) is 0 Å². The Bertz CT molecular complexity index is 2110. The quantitative estimate of drug-likeness (QED) is 0.122. The Morgan fingerprint density at radius 3 is 1.71 bits per heavy atom. The highest BCUT2D eigenvalue weighted by molar-refractivity contribution is 6.42. The van der Waals surface area contributed by atoms with E-state index >= 15 is 0 Å². The molecule has 0 bridgehead atoms. The summed E-state index contributed by atoms with van der Waals surface area (Å²) in [6, 6.07) is 47.0. The fourth-order valence-electron chi connectivity index (χ4n) is 5.66. The van der Waals surface area contributed by atoms with E-state index in [-0.39, 0.29) is 5.84 Å². The SMILES string of the molecule is N=C(N=c1[nH]cc(-c2ccccc2)cc1-c1ccccc1)c1ccccc1-c1c2ccccc2c(Cl)c2ccccc12. The van der Waals surface area contributed by atoms with E-state index in [0.29, 0.717) is 5.49 Å². The molecule has 0 unspecified atom stereocenters. The molecule has 4 heteroatoms. The molecular weight excluding hydrogens is 534 g/mol. The normalized spacial score (nSPS) is 11.7. The number of halogens is 1. The van der Waals surface area contributed by atoms with E-state index in [1.165, 1.54) is 0 Å². The summed E-state index contributed by atoms with van der Waals surface area (Å²) >= 11 is 6.91. The highest BCUT2D eigenvalue weighted by atomic mass is 35.5. The van der Waals surface area contributed by atoms with Crippen LogP contribution in [0.1, 0.15) is 5.56 Å². The Morgan fingerprint density at radius 1 is 0.548 bits per heavy atom. The van der Waals surface area contributed by atoms with Crippen LogP contribution in [0.25, 0.3) is 54.9 Å². The average Bonchev–Trinajstić information content (AvgIpc) is 3.06. The second-order valence-corrected chi connectivity index (χ2v) is 10.5. The van der Waals surface area contributed by atoms with Crippen LogP contribution in [0.3, 0.4) is 0 Å². The Labute approximate surface area is 248 Å². The molecule has 6 aromatic carbocycles. The summed E-state index contributed by atoms with van der Waals surface area (Å²) in [4.78, 5) is 8.31. The lowest BCUT2D eigenvalue weighted by Gasteiger charge is -2.16.